The lowest BCUT2D eigenvalue weighted by molar-refractivity contribution is -0.139. The summed E-state index contributed by atoms with van der Waals surface area (Å²) in [5, 5.41) is 8.66. The summed E-state index contributed by atoms with van der Waals surface area (Å²) in [6.07, 6.45) is 2.14. The van der Waals surface area contributed by atoms with E-state index < -0.39 is 28.5 Å². The lowest BCUT2D eigenvalue weighted by atomic mass is 9.83. The standard InChI is InChI=1S/C9H17NO6S/c10-8(9(11)12)5-6-1-3-7(4-2-6)16-17(13,14)15/h6-8H,1-5,10H2,(H,11,12)(H,13,14,15). The molecule has 8 heteroatoms. The highest BCUT2D eigenvalue weighted by molar-refractivity contribution is 7.80. The number of nitrogens with two attached hydrogens (primary N) is 1. The zero-order chi connectivity index (χ0) is 13.1. The summed E-state index contributed by atoms with van der Waals surface area (Å²) in [5.41, 5.74) is 5.42. The van der Waals surface area contributed by atoms with Gasteiger partial charge in [0, 0.05) is 0 Å². The third kappa shape index (κ3) is 5.44. The Morgan fingerprint density at radius 1 is 1.35 bits per heavy atom. The summed E-state index contributed by atoms with van der Waals surface area (Å²) in [5.74, 6) is -0.858. The van der Waals surface area contributed by atoms with Gasteiger partial charge in [0.25, 0.3) is 0 Å². The Balaban J connectivity index is 2.33. The monoisotopic (exact) mass is 267 g/mol. The van der Waals surface area contributed by atoms with E-state index in [2.05, 4.69) is 4.18 Å². The maximum absolute atomic E-state index is 10.6. The van der Waals surface area contributed by atoms with Crippen LogP contribution in [0.1, 0.15) is 32.1 Å². The Kier molecular flexibility index (Phi) is 4.87. The summed E-state index contributed by atoms with van der Waals surface area (Å²) in [6.45, 7) is 0. The first-order valence-electron chi connectivity index (χ1n) is 5.42. The van der Waals surface area contributed by atoms with Crippen molar-refractivity contribution in [1.82, 2.24) is 0 Å². The zero-order valence-electron chi connectivity index (χ0n) is 9.28. The minimum atomic E-state index is -4.40. The summed E-state index contributed by atoms with van der Waals surface area (Å²) in [6, 6.07) is -0.876. The minimum absolute atomic E-state index is 0.169. The van der Waals surface area contributed by atoms with Gasteiger partial charge in [0.05, 0.1) is 6.10 Å². The van der Waals surface area contributed by atoms with Crippen LogP contribution >= 0.6 is 0 Å². The van der Waals surface area contributed by atoms with Crippen LogP contribution in [0.5, 0.6) is 0 Å². The van der Waals surface area contributed by atoms with Gasteiger partial charge in [-0.05, 0) is 38.0 Å². The molecule has 1 aliphatic carbocycles. The van der Waals surface area contributed by atoms with Gasteiger partial charge in [0.15, 0.2) is 0 Å². The highest BCUT2D eigenvalue weighted by Gasteiger charge is 2.27. The highest BCUT2D eigenvalue weighted by Crippen LogP contribution is 2.29. The van der Waals surface area contributed by atoms with E-state index in [4.69, 9.17) is 15.4 Å². The van der Waals surface area contributed by atoms with Crippen LogP contribution in [0.2, 0.25) is 0 Å². The molecule has 7 nitrogen and oxygen atoms in total. The molecule has 0 amide bonds. The minimum Gasteiger partial charge on any atom is -0.480 e. The Hall–Kier alpha value is -0.700. The van der Waals surface area contributed by atoms with Crippen molar-refractivity contribution in [2.45, 2.75) is 44.2 Å². The third-order valence-corrected chi connectivity index (χ3v) is 3.47. The molecule has 0 bridgehead atoms. The van der Waals surface area contributed by atoms with Crippen molar-refractivity contribution in [3.8, 4) is 0 Å². The van der Waals surface area contributed by atoms with Crippen LogP contribution in [0.25, 0.3) is 0 Å². The number of aliphatic carboxylic acids is 1. The second-order valence-corrected chi connectivity index (χ2v) is 5.40. The van der Waals surface area contributed by atoms with Gasteiger partial charge in [0.2, 0.25) is 0 Å². The van der Waals surface area contributed by atoms with Gasteiger partial charge in [-0.3, -0.25) is 9.35 Å². The van der Waals surface area contributed by atoms with Crippen LogP contribution in [-0.4, -0.2) is 36.2 Å². The topological polar surface area (TPSA) is 127 Å². The summed E-state index contributed by atoms with van der Waals surface area (Å²) < 4.78 is 33.9. The molecular formula is C9H17NO6S. The van der Waals surface area contributed by atoms with Gasteiger partial charge in [-0.2, -0.15) is 8.42 Å². The van der Waals surface area contributed by atoms with Gasteiger partial charge in [-0.25, -0.2) is 4.18 Å². The van der Waals surface area contributed by atoms with Crippen molar-refractivity contribution in [2.24, 2.45) is 11.7 Å². The SMILES string of the molecule is NC(CC1CCC(OS(=O)(=O)O)CC1)C(=O)O. The van der Waals surface area contributed by atoms with Gasteiger partial charge < -0.3 is 10.8 Å². The van der Waals surface area contributed by atoms with Crippen molar-refractivity contribution >= 4 is 16.4 Å². The van der Waals surface area contributed by atoms with Crippen LogP contribution in [0.4, 0.5) is 0 Å². The van der Waals surface area contributed by atoms with Gasteiger partial charge in [0.1, 0.15) is 6.04 Å². The smallest absolute Gasteiger partial charge is 0.397 e. The van der Waals surface area contributed by atoms with Crippen molar-refractivity contribution in [3.63, 3.8) is 0 Å². The zero-order valence-corrected chi connectivity index (χ0v) is 10.1. The highest BCUT2D eigenvalue weighted by atomic mass is 32.3. The molecule has 0 spiro atoms. The molecule has 1 saturated carbocycles. The second kappa shape index (κ2) is 5.76. The molecule has 0 aliphatic heterocycles. The average Bonchev–Trinajstić information content (AvgIpc) is 2.18. The van der Waals surface area contributed by atoms with E-state index in [0.717, 1.165) is 0 Å². The molecule has 0 aromatic rings. The quantitative estimate of drug-likeness (QED) is 0.606. The Labute approximate surface area is 99.9 Å². The number of carbonyl (C=O) groups is 1. The maximum Gasteiger partial charge on any atom is 0.397 e. The van der Waals surface area contributed by atoms with Crippen LogP contribution in [-0.2, 0) is 19.4 Å². The van der Waals surface area contributed by atoms with E-state index in [9.17, 15) is 13.2 Å². The predicted octanol–water partition coefficient (Wildman–Crippen LogP) is 0.167. The van der Waals surface area contributed by atoms with Gasteiger partial charge in [-0.1, -0.05) is 0 Å². The number of rotatable bonds is 5. The van der Waals surface area contributed by atoms with E-state index in [1.165, 1.54) is 0 Å². The molecule has 17 heavy (non-hydrogen) atoms. The van der Waals surface area contributed by atoms with E-state index in [1.807, 2.05) is 0 Å². The normalized spacial score (nSPS) is 27.6. The van der Waals surface area contributed by atoms with Crippen molar-refractivity contribution < 1.29 is 27.1 Å². The number of hydrogen-bond donors (Lipinski definition) is 3. The molecule has 0 saturated heterocycles. The Morgan fingerprint density at radius 2 is 1.88 bits per heavy atom. The molecule has 4 N–H and O–H groups in total. The molecule has 1 atom stereocenters. The first kappa shape index (κ1) is 14.4. The van der Waals surface area contributed by atoms with E-state index >= 15 is 0 Å². The van der Waals surface area contributed by atoms with Crippen LogP contribution in [0, 0.1) is 5.92 Å². The van der Waals surface area contributed by atoms with Crippen LogP contribution in [0.15, 0.2) is 0 Å². The fourth-order valence-corrected chi connectivity index (χ4v) is 2.63. The molecule has 1 aliphatic rings. The lowest BCUT2D eigenvalue weighted by Crippen LogP contribution is -2.34. The molecule has 100 valence electrons. The molecule has 1 fully saturated rings. The van der Waals surface area contributed by atoms with Gasteiger partial charge >= 0.3 is 16.4 Å². The maximum atomic E-state index is 10.6. The first-order chi connectivity index (χ1) is 7.78. The largest absolute Gasteiger partial charge is 0.480 e. The average molecular weight is 267 g/mol. The fourth-order valence-electron chi connectivity index (χ4n) is 2.10. The number of carboxylic acids is 1. The van der Waals surface area contributed by atoms with E-state index in [0.29, 0.717) is 32.1 Å². The molecule has 1 unspecified atom stereocenters. The van der Waals surface area contributed by atoms with E-state index in [-0.39, 0.29) is 5.92 Å². The second-order valence-electron chi connectivity index (χ2n) is 4.35. The number of hydrogen-bond acceptors (Lipinski definition) is 5. The molecular weight excluding hydrogens is 250 g/mol. The predicted molar refractivity (Wildman–Crippen MR) is 58.6 cm³/mol. The number of carboxylic acid groups (broad SMARTS) is 1. The molecule has 0 heterocycles. The molecule has 1 rings (SSSR count). The van der Waals surface area contributed by atoms with Crippen molar-refractivity contribution in [2.75, 3.05) is 0 Å². The summed E-state index contributed by atoms with van der Waals surface area (Å²) in [7, 11) is -4.40. The Bertz CT molecular complexity index is 360. The Morgan fingerprint density at radius 3 is 2.29 bits per heavy atom. The van der Waals surface area contributed by atoms with Crippen molar-refractivity contribution in [1.29, 1.82) is 0 Å². The molecule has 0 radical (unpaired) electrons. The van der Waals surface area contributed by atoms with Crippen LogP contribution < -0.4 is 5.73 Å². The molecule has 0 aromatic heterocycles. The summed E-state index contributed by atoms with van der Waals surface area (Å²) >= 11 is 0. The van der Waals surface area contributed by atoms with Gasteiger partial charge in [-0.15, -0.1) is 0 Å². The van der Waals surface area contributed by atoms with Crippen LogP contribution in [0.3, 0.4) is 0 Å². The van der Waals surface area contributed by atoms with E-state index in [1.54, 1.807) is 0 Å². The van der Waals surface area contributed by atoms with Crippen molar-refractivity contribution in [3.05, 3.63) is 0 Å². The summed E-state index contributed by atoms with van der Waals surface area (Å²) in [4.78, 5) is 10.6. The fraction of sp³-hybridized carbons (Fsp3) is 0.889. The molecule has 0 aromatic carbocycles. The third-order valence-electron chi connectivity index (χ3n) is 2.96. The first-order valence-corrected chi connectivity index (χ1v) is 6.78. The lowest BCUT2D eigenvalue weighted by Gasteiger charge is -2.28.